The Bertz CT molecular complexity index is 815. The second-order valence-corrected chi connectivity index (χ2v) is 7.29. The average molecular weight is 397 g/mol. The quantitative estimate of drug-likeness (QED) is 0.829. The third-order valence-electron chi connectivity index (χ3n) is 5.46. The van der Waals surface area contributed by atoms with Crippen LogP contribution >= 0.6 is 0 Å². The molecule has 0 radical (unpaired) electrons. The van der Waals surface area contributed by atoms with Gasteiger partial charge in [0.05, 0.1) is 20.3 Å². The normalized spacial score (nSPS) is 17.8. The summed E-state index contributed by atoms with van der Waals surface area (Å²) in [4.78, 5) is 25.9. The maximum absolute atomic E-state index is 12.7. The fraction of sp³-hybridized carbons (Fsp3) is 0.476. The number of methoxy groups -OCH3 is 1. The largest absolute Gasteiger partial charge is 0.497 e. The van der Waals surface area contributed by atoms with E-state index in [0.717, 1.165) is 43.2 Å². The van der Waals surface area contributed by atoms with Crippen LogP contribution in [0.3, 0.4) is 0 Å². The van der Waals surface area contributed by atoms with Crippen molar-refractivity contribution in [2.45, 2.75) is 12.8 Å². The first kappa shape index (κ1) is 19.4. The molecule has 3 heterocycles. The zero-order valence-corrected chi connectivity index (χ0v) is 16.7. The molecule has 0 bridgehead atoms. The van der Waals surface area contributed by atoms with Gasteiger partial charge in [-0.2, -0.15) is 4.98 Å². The number of nitrogens with zero attached hydrogens (tertiary/aromatic N) is 4. The van der Waals surface area contributed by atoms with Gasteiger partial charge in [-0.05, 0) is 43.2 Å². The molecule has 4 rings (SSSR count). The Hall–Kier alpha value is -2.87. The van der Waals surface area contributed by atoms with Gasteiger partial charge >= 0.3 is 0 Å². The molecule has 0 saturated carbocycles. The summed E-state index contributed by atoms with van der Waals surface area (Å²) in [6.45, 7) is 4.28. The molecule has 1 N–H and O–H groups in total. The highest BCUT2D eigenvalue weighted by Gasteiger charge is 2.30. The molecule has 0 unspecified atom stereocenters. The molecular weight excluding hydrogens is 370 g/mol. The van der Waals surface area contributed by atoms with Gasteiger partial charge in [0.25, 0.3) is 0 Å². The zero-order chi connectivity index (χ0) is 20.1. The van der Waals surface area contributed by atoms with E-state index in [1.54, 1.807) is 13.3 Å². The van der Waals surface area contributed by atoms with Crippen molar-refractivity contribution in [3.05, 3.63) is 36.5 Å². The molecule has 2 aliphatic heterocycles. The Morgan fingerprint density at radius 1 is 1.10 bits per heavy atom. The van der Waals surface area contributed by atoms with Gasteiger partial charge in [0, 0.05) is 44.0 Å². The molecule has 1 aromatic carbocycles. The lowest BCUT2D eigenvalue weighted by Gasteiger charge is -2.35. The molecule has 0 aliphatic carbocycles. The van der Waals surface area contributed by atoms with Crippen molar-refractivity contribution in [1.29, 1.82) is 0 Å². The molecule has 8 nitrogen and oxygen atoms in total. The Labute approximate surface area is 170 Å². The highest BCUT2D eigenvalue weighted by atomic mass is 16.5. The SMILES string of the molecule is COc1ccc(Nc2ccnc(N3CCC(C(=O)N4CCOCC4)CC3)n2)cc1. The summed E-state index contributed by atoms with van der Waals surface area (Å²) in [5.74, 6) is 2.61. The van der Waals surface area contributed by atoms with Crippen LogP contribution in [-0.2, 0) is 9.53 Å². The van der Waals surface area contributed by atoms with Gasteiger partial charge in [-0.25, -0.2) is 4.98 Å². The molecule has 2 saturated heterocycles. The van der Waals surface area contributed by atoms with Crippen molar-refractivity contribution in [2.24, 2.45) is 5.92 Å². The van der Waals surface area contributed by atoms with Crippen LogP contribution < -0.4 is 15.0 Å². The summed E-state index contributed by atoms with van der Waals surface area (Å²) in [6.07, 6.45) is 3.42. The number of rotatable bonds is 5. The van der Waals surface area contributed by atoms with Crippen molar-refractivity contribution < 1.29 is 14.3 Å². The van der Waals surface area contributed by atoms with Crippen LogP contribution in [0.25, 0.3) is 0 Å². The number of nitrogens with one attached hydrogen (secondary N) is 1. The second-order valence-electron chi connectivity index (χ2n) is 7.29. The summed E-state index contributed by atoms with van der Waals surface area (Å²) in [5.41, 5.74) is 0.935. The molecule has 2 fully saturated rings. The molecule has 8 heteroatoms. The predicted molar refractivity (Wildman–Crippen MR) is 111 cm³/mol. The van der Waals surface area contributed by atoms with Gasteiger partial charge in [-0.3, -0.25) is 4.79 Å². The number of aromatic nitrogens is 2. The van der Waals surface area contributed by atoms with Crippen molar-refractivity contribution >= 4 is 23.4 Å². The molecule has 0 atom stereocenters. The number of benzene rings is 1. The summed E-state index contributed by atoms with van der Waals surface area (Å²) in [6, 6.07) is 9.55. The van der Waals surface area contributed by atoms with Crippen molar-refractivity contribution in [1.82, 2.24) is 14.9 Å². The van der Waals surface area contributed by atoms with E-state index in [4.69, 9.17) is 9.47 Å². The minimum absolute atomic E-state index is 0.0879. The van der Waals surface area contributed by atoms with Crippen LogP contribution in [0.1, 0.15) is 12.8 Å². The molecule has 154 valence electrons. The Balaban J connectivity index is 1.34. The first-order valence-electron chi connectivity index (χ1n) is 10.1. The number of piperidine rings is 1. The number of hydrogen-bond donors (Lipinski definition) is 1. The lowest BCUT2D eigenvalue weighted by atomic mass is 9.95. The van der Waals surface area contributed by atoms with Crippen LogP contribution in [0.4, 0.5) is 17.5 Å². The highest BCUT2D eigenvalue weighted by molar-refractivity contribution is 5.79. The summed E-state index contributed by atoms with van der Waals surface area (Å²) in [5, 5.41) is 3.30. The Morgan fingerprint density at radius 3 is 2.52 bits per heavy atom. The van der Waals surface area contributed by atoms with E-state index in [1.165, 1.54) is 0 Å². The third kappa shape index (κ3) is 4.76. The second kappa shape index (κ2) is 9.09. The molecule has 0 spiro atoms. The first-order chi connectivity index (χ1) is 14.2. The van der Waals surface area contributed by atoms with Crippen molar-refractivity contribution in [3.8, 4) is 5.75 Å². The van der Waals surface area contributed by atoms with Gasteiger partial charge in [0.2, 0.25) is 11.9 Å². The van der Waals surface area contributed by atoms with E-state index in [2.05, 4.69) is 20.2 Å². The van der Waals surface area contributed by atoms with E-state index >= 15 is 0 Å². The molecule has 2 aliphatic rings. The lowest BCUT2D eigenvalue weighted by molar-refractivity contribution is -0.140. The van der Waals surface area contributed by atoms with Gasteiger partial charge in [0.1, 0.15) is 11.6 Å². The van der Waals surface area contributed by atoms with Crippen LogP contribution in [0.15, 0.2) is 36.5 Å². The van der Waals surface area contributed by atoms with Gasteiger partial charge in [-0.1, -0.05) is 0 Å². The van der Waals surface area contributed by atoms with Gasteiger partial charge < -0.3 is 24.6 Å². The van der Waals surface area contributed by atoms with E-state index in [1.807, 2.05) is 35.2 Å². The van der Waals surface area contributed by atoms with Crippen LogP contribution in [-0.4, -0.2) is 67.3 Å². The maximum Gasteiger partial charge on any atom is 0.227 e. The minimum atomic E-state index is 0.0879. The van der Waals surface area contributed by atoms with Gasteiger partial charge in [-0.15, -0.1) is 0 Å². The minimum Gasteiger partial charge on any atom is -0.497 e. The molecule has 29 heavy (non-hydrogen) atoms. The van der Waals surface area contributed by atoms with E-state index in [0.29, 0.717) is 32.3 Å². The van der Waals surface area contributed by atoms with E-state index < -0.39 is 0 Å². The fourth-order valence-corrected chi connectivity index (χ4v) is 3.76. The number of morpholine rings is 1. The number of hydrogen-bond acceptors (Lipinski definition) is 7. The fourth-order valence-electron chi connectivity index (χ4n) is 3.76. The van der Waals surface area contributed by atoms with Gasteiger partial charge in [0.15, 0.2) is 0 Å². The number of amides is 1. The summed E-state index contributed by atoms with van der Waals surface area (Å²) in [7, 11) is 1.65. The van der Waals surface area contributed by atoms with E-state index in [9.17, 15) is 4.79 Å². The standard InChI is InChI=1S/C21H27N5O3/c1-28-18-4-2-17(3-5-18)23-19-6-9-22-21(24-19)26-10-7-16(8-11-26)20(27)25-12-14-29-15-13-25/h2-6,9,16H,7-8,10-15H2,1H3,(H,22,23,24). The van der Waals surface area contributed by atoms with E-state index in [-0.39, 0.29) is 11.8 Å². The molecular formula is C21H27N5O3. The monoisotopic (exact) mass is 397 g/mol. The number of carbonyl (C=O) groups is 1. The highest BCUT2D eigenvalue weighted by Crippen LogP contribution is 2.24. The third-order valence-corrected chi connectivity index (χ3v) is 5.46. The smallest absolute Gasteiger partial charge is 0.227 e. The predicted octanol–water partition coefficient (Wildman–Crippen LogP) is 2.30. The molecule has 1 aromatic heterocycles. The first-order valence-corrected chi connectivity index (χ1v) is 10.1. The Kier molecular flexibility index (Phi) is 6.09. The summed E-state index contributed by atoms with van der Waals surface area (Å²) < 4.78 is 10.5. The maximum atomic E-state index is 12.7. The molecule has 1 amide bonds. The Morgan fingerprint density at radius 2 is 1.83 bits per heavy atom. The zero-order valence-electron chi connectivity index (χ0n) is 16.7. The van der Waals surface area contributed by atoms with Crippen LogP contribution in [0, 0.1) is 5.92 Å². The number of ether oxygens (including phenoxy) is 2. The number of carbonyl (C=O) groups excluding carboxylic acids is 1. The lowest BCUT2D eigenvalue weighted by Crippen LogP contribution is -2.47. The summed E-state index contributed by atoms with van der Waals surface area (Å²) >= 11 is 0. The van der Waals surface area contributed by atoms with Crippen molar-refractivity contribution in [3.63, 3.8) is 0 Å². The molecule has 2 aromatic rings. The average Bonchev–Trinajstić information content (AvgIpc) is 2.80. The number of anilines is 3. The van der Waals surface area contributed by atoms with Crippen molar-refractivity contribution in [2.75, 3.05) is 56.7 Å². The van der Waals surface area contributed by atoms with Crippen LogP contribution in [0.5, 0.6) is 5.75 Å². The topological polar surface area (TPSA) is 79.8 Å². The van der Waals surface area contributed by atoms with Crippen LogP contribution in [0.2, 0.25) is 0 Å².